The monoisotopic (exact) mass is 898 g/mol. The second-order valence-corrected chi connectivity index (χ2v) is 22.8. The molecule has 6 rings (SSSR count). The Morgan fingerprint density at radius 2 is 0.531 bits per heavy atom. The van der Waals surface area contributed by atoms with Crippen LogP contribution in [0.2, 0.25) is 0 Å². The molecule has 8 heteroatoms. The van der Waals surface area contributed by atoms with Crippen LogP contribution in [-0.4, -0.2) is 73.3 Å². The zero-order valence-corrected chi connectivity index (χ0v) is 41.0. The fraction of sp³-hybridized carbons (Fsp3) is 0.321. The first-order chi connectivity index (χ1) is 31.1. The molecular weight excluding hydrogens is 827 g/mol. The molecule has 0 unspecified atom stereocenters. The highest BCUT2D eigenvalue weighted by Gasteiger charge is 2.45. The highest BCUT2D eigenvalue weighted by molar-refractivity contribution is 7.96. The normalized spacial score (nSPS) is 11.0. The van der Waals surface area contributed by atoms with Crippen molar-refractivity contribution in [3.05, 3.63) is 182 Å². The van der Waals surface area contributed by atoms with E-state index in [1.54, 1.807) is 0 Å². The van der Waals surface area contributed by atoms with Gasteiger partial charge >= 0.3 is 0 Å². The van der Waals surface area contributed by atoms with Crippen LogP contribution in [0, 0.1) is 0 Å². The molecule has 0 N–H and O–H groups in total. The molecule has 0 saturated heterocycles. The van der Waals surface area contributed by atoms with Crippen LogP contribution in [0.4, 0.5) is 0 Å². The lowest BCUT2D eigenvalue weighted by Gasteiger charge is -2.28. The fourth-order valence-corrected chi connectivity index (χ4v) is 17.0. The average molecular weight is 899 g/mol. The van der Waals surface area contributed by atoms with Crippen molar-refractivity contribution < 1.29 is 19.8 Å². The molecule has 0 radical (unpaired) electrons. The topological polar surface area (TPSA) is 86.7 Å². The molecular formula is C56H72N2O4P2. The molecule has 0 bridgehead atoms. The Hall–Kier alpha value is -4.96. The number of carboxylic acid groups (broad SMARTS) is 2. The van der Waals surface area contributed by atoms with Crippen LogP contribution < -0.4 is 42.0 Å². The third-order valence-corrected chi connectivity index (χ3v) is 20.5. The molecule has 0 aliphatic rings. The Bertz CT molecular complexity index is 1750. The highest BCUT2D eigenvalue weighted by atomic mass is 31.2. The van der Waals surface area contributed by atoms with Gasteiger partial charge in [0, 0.05) is 11.9 Å². The Labute approximate surface area is 387 Å². The highest BCUT2D eigenvalue weighted by Crippen LogP contribution is 2.57. The van der Waals surface area contributed by atoms with Gasteiger partial charge in [0.1, 0.15) is 46.4 Å². The van der Waals surface area contributed by atoms with E-state index < -0.39 is 26.5 Å². The lowest BCUT2D eigenvalue weighted by molar-refractivity contribution is -0.303. The third kappa shape index (κ3) is 16.9. The molecule has 0 aromatic heterocycles. The summed E-state index contributed by atoms with van der Waals surface area (Å²) in [7, 11) is -3.30. The van der Waals surface area contributed by atoms with Gasteiger partial charge in [-0.2, -0.15) is 0 Å². The first-order valence-corrected chi connectivity index (χ1v) is 26.9. The maximum Gasteiger partial charge on any atom is 0.112 e. The Balaban J connectivity index is 0.000000291. The largest absolute Gasteiger partial charge is 0.550 e. The van der Waals surface area contributed by atoms with Gasteiger partial charge < -0.3 is 29.6 Å². The van der Waals surface area contributed by atoms with Gasteiger partial charge in [-0.1, -0.05) is 137 Å². The number of hydrogen-bond acceptors (Lipinski definition) is 6. The van der Waals surface area contributed by atoms with Crippen molar-refractivity contribution >= 4 is 58.3 Å². The molecule has 0 aliphatic heterocycles. The smallest absolute Gasteiger partial charge is 0.112 e. The molecule has 0 saturated carbocycles. The van der Waals surface area contributed by atoms with Gasteiger partial charge in [0.25, 0.3) is 0 Å². The van der Waals surface area contributed by atoms with Crippen LogP contribution in [0.3, 0.4) is 0 Å². The summed E-state index contributed by atoms with van der Waals surface area (Å²) in [6.45, 7) is 18.0. The SMILES string of the molecule is CC(=O)[O-].CC(=O)[O-].CCN(CC)CCCC[P+](c1ccccc1)(c1ccccc1)c1ccccc1.CCN(CC)CCCC[P+](c1ccccc1)(c1ccccc1)c1ccccc1. The first-order valence-electron chi connectivity index (χ1n) is 23.0. The lowest BCUT2D eigenvalue weighted by Crippen LogP contribution is -2.33. The van der Waals surface area contributed by atoms with E-state index in [1.165, 1.54) is 82.9 Å². The maximum atomic E-state index is 8.89. The summed E-state index contributed by atoms with van der Waals surface area (Å²) in [5.41, 5.74) is 0. The van der Waals surface area contributed by atoms with Crippen LogP contribution in [0.5, 0.6) is 0 Å². The van der Waals surface area contributed by atoms with Crippen LogP contribution in [0.25, 0.3) is 0 Å². The minimum absolute atomic E-state index is 0.972. The third-order valence-electron chi connectivity index (χ3n) is 11.4. The number of carboxylic acids is 2. The Morgan fingerprint density at radius 3 is 0.688 bits per heavy atom. The summed E-state index contributed by atoms with van der Waals surface area (Å²) >= 11 is 0. The van der Waals surface area contributed by atoms with E-state index >= 15 is 0 Å². The van der Waals surface area contributed by atoms with Crippen molar-refractivity contribution in [1.29, 1.82) is 0 Å². The van der Waals surface area contributed by atoms with Gasteiger partial charge in [-0.3, -0.25) is 0 Å². The summed E-state index contributed by atoms with van der Waals surface area (Å²) in [5.74, 6) is -2.17. The van der Waals surface area contributed by atoms with E-state index in [0.29, 0.717) is 0 Å². The number of hydrogen-bond donors (Lipinski definition) is 0. The van der Waals surface area contributed by atoms with E-state index in [2.05, 4.69) is 219 Å². The minimum Gasteiger partial charge on any atom is -0.550 e. The molecule has 0 heterocycles. The molecule has 0 fully saturated rings. The molecule has 64 heavy (non-hydrogen) atoms. The Morgan fingerprint density at radius 1 is 0.359 bits per heavy atom. The second kappa shape index (κ2) is 30.2. The van der Waals surface area contributed by atoms with Gasteiger partial charge in [-0.15, -0.1) is 0 Å². The predicted octanol–water partition coefficient (Wildman–Crippen LogP) is 7.72. The number of carbonyl (C=O) groups is 2. The van der Waals surface area contributed by atoms with E-state index in [4.69, 9.17) is 19.8 Å². The quantitative estimate of drug-likeness (QED) is 0.0577. The van der Waals surface area contributed by atoms with Gasteiger partial charge in [-0.25, -0.2) is 0 Å². The van der Waals surface area contributed by atoms with Crippen molar-refractivity contribution in [2.75, 3.05) is 51.6 Å². The zero-order chi connectivity index (χ0) is 46.5. The van der Waals surface area contributed by atoms with Crippen LogP contribution >= 0.6 is 14.5 Å². The molecule has 0 aliphatic carbocycles. The van der Waals surface area contributed by atoms with Crippen LogP contribution in [0.15, 0.2) is 182 Å². The van der Waals surface area contributed by atoms with Crippen molar-refractivity contribution in [1.82, 2.24) is 9.80 Å². The molecule has 340 valence electrons. The lowest BCUT2D eigenvalue weighted by atomic mass is 10.3. The zero-order valence-electron chi connectivity index (χ0n) is 39.2. The summed E-state index contributed by atoms with van der Waals surface area (Å²) in [6, 6.07) is 67.3. The van der Waals surface area contributed by atoms with Crippen molar-refractivity contribution in [3.8, 4) is 0 Å². The van der Waals surface area contributed by atoms with E-state index in [-0.39, 0.29) is 0 Å². The number of nitrogens with zero attached hydrogens (tertiary/aromatic N) is 2. The Kier molecular flexibility index (Phi) is 25.2. The number of carbonyl (C=O) groups excluding carboxylic acids is 2. The molecule has 6 nitrogen and oxygen atoms in total. The molecule has 0 spiro atoms. The molecule has 6 aromatic carbocycles. The van der Waals surface area contributed by atoms with Gasteiger partial charge in [0.15, 0.2) is 0 Å². The summed E-state index contributed by atoms with van der Waals surface area (Å²) in [5, 5.41) is 26.8. The number of unbranched alkanes of at least 4 members (excludes halogenated alkanes) is 2. The standard InChI is InChI=1S/2C26H33NP.2C2H4O2/c2*1-3-27(4-2)22-14-15-23-28(24-16-8-5-9-17-24,25-18-10-6-11-19-25)26-20-12-7-13-21-26;2*1-2(3)4/h2*5-13,16-21H,3-4,14-15,22-23H2,1-2H3;2*1H3,(H,3,4)/q2*+1;;/p-2. The van der Waals surface area contributed by atoms with Gasteiger partial charge in [-0.05, 0) is 152 Å². The van der Waals surface area contributed by atoms with Crippen molar-refractivity contribution in [3.63, 3.8) is 0 Å². The molecule has 0 atom stereocenters. The van der Waals surface area contributed by atoms with Gasteiger partial charge in [0.05, 0.1) is 12.3 Å². The fourth-order valence-electron chi connectivity index (χ4n) is 8.21. The average Bonchev–Trinajstić information content (AvgIpc) is 3.33. The number of rotatable bonds is 20. The second-order valence-electron chi connectivity index (χ2n) is 15.5. The number of aliphatic carboxylic acids is 2. The van der Waals surface area contributed by atoms with E-state index in [9.17, 15) is 0 Å². The molecule has 6 aromatic rings. The predicted molar refractivity (Wildman–Crippen MR) is 275 cm³/mol. The summed E-state index contributed by atoms with van der Waals surface area (Å²) < 4.78 is 0. The summed E-state index contributed by atoms with van der Waals surface area (Å²) in [4.78, 5) is 22.8. The van der Waals surface area contributed by atoms with Crippen molar-refractivity contribution in [2.24, 2.45) is 0 Å². The van der Waals surface area contributed by atoms with Crippen molar-refractivity contribution in [2.45, 2.75) is 67.2 Å². The first kappa shape index (κ1) is 53.4. The van der Waals surface area contributed by atoms with E-state index in [1.807, 2.05) is 0 Å². The maximum absolute atomic E-state index is 8.89. The van der Waals surface area contributed by atoms with Gasteiger partial charge in [0.2, 0.25) is 0 Å². The van der Waals surface area contributed by atoms with E-state index in [0.717, 1.165) is 40.0 Å². The minimum atomic E-state index is -1.65. The number of benzene rings is 6. The van der Waals surface area contributed by atoms with Crippen LogP contribution in [0.1, 0.15) is 67.2 Å². The molecule has 0 amide bonds. The van der Waals surface area contributed by atoms with Crippen LogP contribution in [-0.2, 0) is 9.59 Å². The summed E-state index contributed by atoms with van der Waals surface area (Å²) in [6.07, 6.45) is 7.48.